The maximum absolute atomic E-state index is 12.6. The van der Waals surface area contributed by atoms with Crippen LogP contribution in [-0.4, -0.2) is 28.7 Å². The summed E-state index contributed by atoms with van der Waals surface area (Å²) in [5, 5.41) is 7.35. The highest BCUT2D eigenvalue weighted by Crippen LogP contribution is 2.33. The molecular weight excluding hydrogens is 278 g/mol. The molecule has 0 bridgehead atoms. The average molecular weight is 305 g/mol. The van der Waals surface area contributed by atoms with E-state index in [1.165, 1.54) is 19.3 Å². The van der Waals surface area contributed by atoms with Crippen LogP contribution in [0.15, 0.2) is 10.6 Å². The first-order chi connectivity index (χ1) is 10.6. The van der Waals surface area contributed by atoms with Gasteiger partial charge in [0.25, 0.3) is 0 Å². The quantitative estimate of drug-likeness (QED) is 0.919. The average Bonchev–Trinajstić information content (AvgIpc) is 3.17. The molecule has 5 heteroatoms. The van der Waals surface area contributed by atoms with Crippen LogP contribution < -0.4 is 5.32 Å². The molecule has 3 rings (SSSR count). The molecule has 2 heterocycles. The second-order valence-corrected chi connectivity index (χ2v) is 6.94. The van der Waals surface area contributed by atoms with Crippen molar-refractivity contribution in [3.63, 3.8) is 0 Å². The third-order valence-electron chi connectivity index (χ3n) is 4.91. The van der Waals surface area contributed by atoms with Crippen molar-refractivity contribution in [3.05, 3.63) is 17.5 Å². The van der Waals surface area contributed by atoms with Crippen LogP contribution >= 0.6 is 0 Å². The zero-order valence-corrected chi connectivity index (χ0v) is 13.7. The van der Waals surface area contributed by atoms with Gasteiger partial charge in [-0.05, 0) is 31.6 Å². The lowest BCUT2D eigenvalue weighted by Crippen LogP contribution is -2.45. The van der Waals surface area contributed by atoms with Crippen LogP contribution in [0, 0.1) is 0 Å². The van der Waals surface area contributed by atoms with Gasteiger partial charge in [-0.25, -0.2) is 4.79 Å². The molecule has 1 saturated heterocycles. The van der Waals surface area contributed by atoms with Crippen LogP contribution in [0.1, 0.15) is 82.2 Å². The third kappa shape index (κ3) is 3.28. The maximum Gasteiger partial charge on any atom is 0.318 e. The van der Waals surface area contributed by atoms with Gasteiger partial charge in [0, 0.05) is 18.7 Å². The topological polar surface area (TPSA) is 58.4 Å². The summed E-state index contributed by atoms with van der Waals surface area (Å²) >= 11 is 0. The summed E-state index contributed by atoms with van der Waals surface area (Å²) < 4.78 is 5.51. The van der Waals surface area contributed by atoms with Gasteiger partial charge in [-0.15, -0.1) is 0 Å². The molecule has 5 nitrogen and oxygen atoms in total. The van der Waals surface area contributed by atoms with Gasteiger partial charge in [0.2, 0.25) is 0 Å². The standard InChI is InChI=1S/C17H27N3O2/c1-12(2)14-11-16(22-19-14)15-9-6-10-20(15)17(21)18-13-7-4-3-5-8-13/h11-13,15H,3-10H2,1-2H3,(H,18,21)/t15-/m1/s1. The highest BCUT2D eigenvalue weighted by molar-refractivity contribution is 5.75. The number of nitrogens with one attached hydrogen (secondary N) is 1. The van der Waals surface area contributed by atoms with Crippen molar-refractivity contribution >= 4 is 6.03 Å². The van der Waals surface area contributed by atoms with Gasteiger partial charge in [0.1, 0.15) is 0 Å². The summed E-state index contributed by atoms with van der Waals surface area (Å²) in [6.07, 6.45) is 7.98. The second-order valence-electron chi connectivity index (χ2n) is 6.94. The van der Waals surface area contributed by atoms with Crippen LogP contribution in [0.3, 0.4) is 0 Å². The Hall–Kier alpha value is -1.52. The number of aromatic nitrogens is 1. The molecule has 1 aliphatic carbocycles. The lowest BCUT2D eigenvalue weighted by atomic mass is 9.96. The Morgan fingerprint density at radius 2 is 2.05 bits per heavy atom. The summed E-state index contributed by atoms with van der Waals surface area (Å²) in [5.74, 6) is 1.18. The van der Waals surface area contributed by atoms with Crippen molar-refractivity contribution < 1.29 is 9.32 Å². The van der Waals surface area contributed by atoms with Crippen LogP contribution in [0.5, 0.6) is 0 Å². The summed E-state index contributed by atoms with van der Waals surface area (Å²) in [5.41, 5.74) is 0.967. The fourth-order valence-corrected chi connectivity index (χ4v) is 3.54. The Bertz CT molecular complexity index is 506. The molecule has 1 aromatic rings. The van der Waals surface area contributed by atoms with Crippen molar-refractivity contribution in [2.75, 3.05) is 6.54 Å². The lowest BCUT2D eigenvalue weighted by Gasteiger charge is -2.28. The number of amides is 2. The minimum absolute atomic E-state index is 0.0450. The fourth-order valence-electron chi connectivity index (χ4n) is 3.54. The molecule has 0 spiro atoms. The predicted octanol–water partition coefficient (Wildman–Crippen LogP) is 3.98. The monoisotopic (exact) mass is 305 g/mol. The SMILES string of the molecule is CC(C)c1cc([C@H]2CCCN2C(=O)NC2CCCCC2)on1. The van der Waals surface area contributed by atoms with Gasteiger partial charge in [0.05, 0.1) is 11.7 Å². The van der Waals surface area contributed by atoms with Crippen LogP contribution in [0.2, 0.25) is 0 Å². The molecule has 2 amide bonds. The van der Waals surface area contributed by atoms with E-state index in [-0.39, 0.29) is 12.1 Å². The molecule has 2 fully saturated rings. The van der Waals surface area contributed by atoms with E-state index >= 15 is 0 Å². The zero-order chi connectivity index (χ0) is 15.5. The molecule has 1 N–H and O–H groups in total. The van der Waals surface area contributed by atoms with Crippen molar-refractivity contribution in [3.8, 4) is 0 Å². The molecule has 2 aliphatic rings. The summed E-state index contributed by atoms with van der Waals surface area (Å²) in [6, 6.07) is 2.48. The van der Waals surface area contributed by atoms with Crippen LogP contribution in [-0.2, 0) is 0 Å². The first kappa shape index (κ1) is 15.4. The first-order valence-electron chi connectivity index (χ1n) is 8.69. The van der Waals surface area contributed by atoms with Crippen LogP contribution in [0.4, 0.5) is 4.79 Å². The van der Waals surface area contributed by atoms with Gasteiger partial charge < -0.3 is 14.7 Å². The van der Waals surface area contributed by atoms with E-state index in [0.29, 0.717) is 12.0 Å². The number of carbonyl (C=O) groups is 1. The summed E-state index contributed by atoms with van der Waals surface area (Å²) in [7, 11) is 0. The van der Waals surface area contributed by atoms with Gasteiger partial charge in [0.15, 0.2) is 5.76 Å². The minimum atomic E-state index is 0.0450. The number of urea groups is 1. The van der Waals surface area contributed by atoms with E-state index in [1.807, 2.05) is 11.0 Å². The van der Waals surface area contributed by atoms with Crippen molar-refractivity contribution in [2.24, 2.45) is 0 Å². The van der Waals surface area contributed by atoms with E-state index in [2.05, 4.69) is 24.3 Å². The molecule has 1 saturated carbocycles. The largest absolute Gasteiger partial charge is 0.359 e. The summed E-state index contributed by atoms with van der Waals surface area (Å²) in [4.78, 5) is 14.5. The molecule has 122 valence electrons. The normalized spacial score (nSPS) is 23.2. The first-order valence-corrected chi connectivity index (χ1v) is 8.69. The van der Waals surface area contributed by atoms with Gasteiger partial charge in [-0.3, -0.25) is 0 Å². The molecular formula is C17H27N3O2. The van der Waals surface area contributed by atoms with Crippen molar-refractivity contribution in [1.29, 1.82) is 0 Å². The van der Waals surface area contributed by atoms with Crippen LogP contribution in [0.25, 0.3) is 0 Å². The predicted molar refractivity (Wildman–Crippen MR) is 84.7 cm³/mol. The molecule has 22 heavy (non-hydrogen) atoms. The highest BCUT2D eigenvalue weighted by atomic mass is 16.5. The zero-order valence-electron chi connectivity index (χ0n) is 13.7. The number of likely N-dealkylation sites (tertiary alicyclic amines) is 1. The molecule has 1 aromatic heterocycles. The number of rotatable bonds is 3. The lowest BCUT2D eigenvalue weighted by molar-refractivity contribution is 0.175. The van der Waals surface area contributed by atoms with Gasteiger partial charge in [-0.1, -0.05) is 38.3 Å². The Kier molecular flexibility index (Phi) is 4.69. The van der Waals surface area contributed by atoms with E-state index in [9.17, 15) is 4.79 Å². The number of carbonyl (C=O) groups excluding carboxylic acids is 1. The minimum Gasteiger partial charge on any atom is -0.359 e. The highest BCUT2D eigenvalue weighted by Gasteiger charge is 2.34. The van der Waals surface area contributed by atoms with Crippen molar-refractivity contribution in [1.82, 2.24) is 15.4 Å². The number of hydrogen-bond acceptors (Lipinski definition) is 3. The Labute approximate surface area is 132 Å². The Morgan fingerprint density at radius 3 is 2.73 bits per heavy atom. The van der Waals surface area contributed by atoms with E-state index in [1.54, 1.807) is 0 Å². The fraction of sp³-hybridized carbons (Fsp3) is 0.765. The van der Waals surface area contributed by atoms with Crippen molar-refractivity contribution in [2.45, 2.75) is 76.8 Å². The molecule has 1 atom stereocenters. The van der Waals surface area contributed by atoms with Gasteiger partial charge >= 0.3 is 6.03 Å². The maximum atomic E-state index is 12.6. The summed E-state index contributed by atoms with van der Waals surface area (Å²) in [6.45, 7) is 5.01. The molecule has 0 unspecified atom stereocenters. The van der Waals surface area contributed by atoms with E-state index in [4.69, 9.17) is 4.52 Å². The Balaban J connectivity index is 1.65. The second kappa shape index (κ2) is 6.71. The van der Waals surface area contributed by atoms with E-state index < -0.39 is 0 Å². The smallest absolute Gasteiger partial charge is 0.318 e. The number of nitrogens with zero attached hydrogens (tertiary/aromatic N) is 2. The number of hydrogen-bond donors (Lipinski definition) is 1. The molecule has 0 radical (unpaired) electrons. The van der Waals surface area contributed by atoms with Gasteiger partial charge in [-0.2, -0.15) is 0 Å². The molecule has 1 aliphatic heterocycles. The third-order valence-corrected chi connectivity index (χ3v) is 4.91. The Morgan fingerprint density at radius 1 is 1.27 bits per heavy atom. The molecule has 0 aromatic carbocycles. The van der Waals surface area contributed by atoms with E-state index in [0.717, 1.165) is 43.7 Å².